The molecule has 0 saturated carbocycles. The van der Waals surface area contributed by atoms with Crippen LogP contribution in [-0.2, 0) is 23.7 Å². The number of aromatic nitrogens is 1. The van der Waals surface area contributed by atoms with Crippen molar-refractivity contribution in [3.8, 4) is 0 Å². The van der Waals surface area contributed by atoms with E-state index in [-0.39, 0.29) is 0 Å². The minimum Gasteiger partial charge on any atom is -0.321 e. The highest BCUT2D eigenvalue weighted by Crippen LogP contribution is 2.52. The third-order valence-electron chi connectivity index (χ3n) is 3.64. The van der Waals surface area contributed by atoms with Crippen molar-refractivity contribution in [2.45, 2.75) is 55.0 Å². The number of rotatable bonds is 12. The second-order valence-electron chi connectivity index (χ2n) is 6.74. The number of ether oxygens (including phenoxy) is 4. The maximum Gasteiger partial charge on any atom is 0.527 e. The van der Waals surface area contributed by atoms with E-state index < -0.39 is 66.6 Å². The molecule has 7 nitrogen and oxygen atoms in total. The zero-order chi connectivity index (χ0) is 32.7. The molecule has 1 rings (SSSR count). The zero-order valence-corrected chi connectivity index (χ0v) is 18.0. The third-order valence-corrected chi connectivity index (χ3v) is 3.64. The van der Waals surface area contributed by atoms with Crippen LogP contribution in [0.2, 0.25) is 0 Å². The molecule has 0 radical (unpaired) electrons. The Balaban J connectivity index is 3.32. The topological polar surface area (TPSA) is 78.9 Å². The highest BCUT2D eigenvalue weighted by atomic mass is 19.4. The molecule has 0 fully saturated rings. The van der Waals surface area contributed by atoms with Gasteiger partial charge in [0.15, 0.2) is 0 Å². The van der Waals surface area contributed by atoms with Gasteiger partial charge in [-0.3, -0.25) is 14.5 Å². The van der Waals surface area contributed by atoms with Gasteiger partial charge in [0.1, 0.15) is 0 Å². The summed E-state index contributed by atoms with van der Waals surface area (Å²) in [6.45, 7) is 0. The highest BCUT2D eigenvalue weighted by Gasteiger charge is 2.79. The summed E-state index contributed by atoms with van der Waals surface area (Å²) < 4.78 is 254. The molecule has 1 unspecified atom stereocenters. The molecule has 1 atom stereocenters. The van der Waals surface area contributed by atoms with Gasteiger partial charge in [0.25, 0.3) is 5.91 Å². The summed E-state index contributed by atoms with van der Waals surface area (Å²) in [5.74, 6) is -10.1. The lowest BCUT2D eigenvalue weighted by Gasteiger charge is -2.36. The molecule has 238 valence electrons. The maximum absolute atomic E-state index is 14.3. The standard InChI is InChI=1S/C15H5F19N2O5/c16-7(8(17,18)19,6(37)36-5-1-3-35-4-2-5)38-9(20,21)10(22,23)39-11(24,25)12(26,27)40-13(28,29)14(30,31)41-15(32,33)34/h1-4H,(H,35,36,37). The van der Waals surface area contributed by atoms with Crippen LogP contribution in [0.4, 0.5) is 89.1 Å². The number of alkyl halides is 19. The summed E-state index contributed by atoms with van der Waals surface area (Å²) in [4.78, 5) is 14.8. The molecule has 1 aromatic rings. The van der Waals surface area contributed by atoms with Crippen molar-refractivity contribution in [2.24, 2.45) is 0 Å². The number of halogens is 19. The first-order chi connectivity index (χ1) is 17.8. The fourth-order valence-electron chi connectivity index (χ4n) is 1.88. The molecule has 41 heavy (non-hydrogen) atoms. The molecule has 0 saturated heterocycles. The molecule has 0 aliphatic rings. The minimum absolute atomic E-state index is 0.534. The Kier molecular flexibility index (Phi) is 9.48. The Hall–Kier alpha value is -2.87. The average Bonchev–Trinajstić information content (AvgIpc) is 2.69. The summed E-state index contributed by atoms with van der Waals surface area (Å²) in [7, 11) is 0. The Morgan fingerprint density at radius 3 is 1.17 bits per heavy atom. The van der Waals surface area contributed by atoms with Crippen molar-refractivity contribution in [3.05, 3.63) is 24.5 Å². The van der Waals surface area contributed by atoms with Crippen LogP contribution in [0.15, 0.2) is 24.5 Å². The lowest BCUT2D eigenvalue weighted by atomic mass is 10.2. The third kappa shape index (κ3) is 8.12. The van der Waals surface area contributed by atoms with Crippen molar-refractivity contribution >= 4 is 11.6 Å². The van der Waals surface area contributed by atoms with Crippen molar-refractivity contribution < 1.29 is 107 Å². The molecule has 0 bridgehead atoms. The molecule has 0 aliphatic carbocycles. The Bertz CT molecular complexity index is 1060. The monoisotopic (exact) mass is 654 g/mol. The predicted molar refractivity (Wildman–Crippen MR) is 82.8 cm³/mol. The molecule has 0 aliphatic heterocycles. The quantitative estimate of drug-likeness (QED) is 0.264. The number of pyridine rings is 1. The van der Waals surface area contributed by atoms with Gasteiger partial charge in [0.05, 0.1) is 0 Å². The lowest BCUT2D eigenvalue weighted by Crippen LogP contribution is -2.62. The van der Waals surface area contributed by atoms with Gasteiger partial charge >= 0.3 is 55.0 Å². The van der Waals surface area contributed by atoms with E-state index in [9.17, 15) is 88.2 Å². The van der Waals surface area contributed by atoms with Crippen LogP contribution >= 0.6 is 0 Å². The van der Waals surface area contributed by atoms with Crippen LogP contribution in [-0.4, -0.2) is 65.9 Å². The van der Waals surface area contributed by atoms with E-state index in [4.69, 9.17) is 0 Å². The van der Waals surface area contributed by atoms with E-state index in [0.717, 1.165) is 5.32 Å². The number of nitrogens with zero attached hydrogens (tertiary/aromatic N) is 1. The van der Waals surface area contributed by atoms with Crippen molar-refractivity contribution in [2.75, 3.05) is 5.32 Å². The number of amides is 1. The van der Waals surface area contributed by atoms with Crippen LogP contribution in [0.5, 0.6) is 0 Å². The van der Waals surface area contributed by atoms with Crippen LogP contribution in [0, 0.1) is 0 Å². The smallest absolute Gasteiger partial charge is 0.321 e. The second-order valence-corrected chi connectivity index (χ2v) is 6.74. The van der Waals surface area contributed by atoms with Gasteiger partial charge in [-0.15, -0.1) is 13.2 Å². The molecule has 1 aromatic heterocycles. The van der Waals surface area contributed by atoms with E-state index in [1.165, 1.54) is 14.2 Å². The van der Waals surface area contributed by atoms with Crippen LogP contribution in [0.25, 0.3) is 0 Å². The van der Waals surface area contributed by atoms with E-state index in [1.807, 2.05) is 4.74 Å². The van der Waals surface area contributed by atoms with Crippen LogP contribution < -0.4 is 5.32 Å². The van der Waals surface area contributed by atoms with Crippen LogP contribution in [0.3, 0.4) is 0 Å². The summed E-state index contributed by atoms with van der Waals surface area (Å²) in [5, 5.41) is 0.839. The molecule has 0 spiro atoms. The number of carbonyl (C=O) groups excluding carboxylic acids is 1. The van der Waals surface area contributed by atoms with E-state index in [1.54, 1.807) is 0 Å². The molecule has 1 amide bonds. The number of nitrogens with one attached hydrogen (secondary N) is 1. The SMILES string of the molecule is O=C(Nc1ccncc1)C(F)(OC(F)(F)C(F)(F)OC(F)(F)C(F)(F)OC(F)(F)C(F)(F)OC(F)(F)F)C(F)(F)F. The van der Waals surface area contributed by atoms with Crippen molar-refractivity contribution in [3.63, 3.8) is 0 Å². The van der Waals surface area contributed by atoms with Gasteiger partial charge in [-0.1, -0.05) is 0 Å². The van der Waals surface area contributed by atoms with Gasteiger partial charge < -0.3 is 5.32 Å². The van der Waals surface area contributed by atoms with E-state index in [2.05, 4.69) is 4.98 Å². The average molecular weight is 654 g/mol. The Morgan fingerprint density at radius 2 is 0.854 bits per heavy atom. The van der Waals surface area contributed by atoms with Crippen LogP contribution in [0.1, 0.15) is 0 Å². The Morgan fingerprint density at radius 1 is 0.537 bits per heavy atom. The lowest BCUT2D eigenvalue weighted by molar-refractivity contribution is -0.579. The number of hydrogen-bond acceptors (Lipinski definition) is 6. The summed E-state index contributed by atoms with van der Waals surface area (Å²) in [6, 6.07) is 1.07. The first-order valence-electron chi connectivity index (χ1n) is 8.94. The van der Waals surface area contributed by atoms with Gasteiger partial charge in [-0.25, -0.2) is 14.2 Å². The van der Waals surface area contributed by atoms with Gasteiger partial charge in [-0.05, 0) is 12.1 Å². The summed E-state index contributed by atoms with van der Waals surface area (Å²) in [5.41, 5.74) is -0.929. The molecular formula is C15H5F19N2O5. The summed E-state index contributed by atoms with van der Waals surface area (Å²) in [6.07, 6.45) is -58.5. The predicted octanol–water partition coefficient (Wildman–Crippen LogP) is 6.39. The zero-order valence-electron chi connectivity index (χ0n) is 18.0. The number of carbonyl (C=O) groups is 1. The normalized spacial score (nSPS) is 16.4. The van der Waals surface area contributed by atoms with Crippen molar-refractivity contribution in [1.29, 1.82) is 0 Å². The fraction of sp³-hybridized carbons (Fsp3) is 0.600. The largest absolute Gasteiger partial charge is 0.527 e. The molecule has 0 aromatic carbocycles. The fourth-order valence-corrected chi connectivity index (χ4v) is 1.88. The Labute approximate surface area is 210 Å². The maximum atomic E-state index is 14.3. The first-order valence-corrected chi connectivity index (χ1v) is 8.94. The number of hydrogen-bond donors (Lipinski definition) is 1. The molecular weight excluding hydrogens is 649 g/mol. The molecule has 1 heterocycles. The van der Waals surface area contributed by atoms with Gasteiger partial charge in [-0.2, -0.15) is 70.2 Å². The number of anilines is 1. The second kappa shape index (κ2) is 10.8. The van der Waals surface area contributed by atoms with Crippen molar-refractivity contribution in [1.82, 2.24) is 4.98 Å². The van der Waals surface area contributed by atoms with Gasteiger partial charge in [0.2, 0.25) is 0 Å². The highest BCUT2D eigenvalue weighted by molar-refractivity contribution is 5.96. The van der Waals surface area contributed by atoms with E-state index in [0.29, 0.717) is 24.5 Å². The van der Waals surface area contributed by atoms with E-state index >= 15 is 0 Å². The molecule has 26 heteroatoms. The van der Waals surface area contributed by atoms with Gasteiger partial charge in [0, 0.05) is 18.1 Å². The summed E-state index contributed by atoms with van der Waals surface area (Å²) >= 11 is 0. The molecule has 1 N–H and O–H groups in total. The minimum atomic E-state index is -7.82. The first kappa shape index (κ1) is 36.2.